The van der Waals surface area contributed by atoms with Gasteiger partial charge in [0, 0.05) is 0 Å². The van der Waals surface area contributed by atoms with Gasteiger partial charge in [-0.05, 0) is 27.7 Å². The highest BCUT2D eigenvalue weighted by Crippen LogP contribution is 2.26. The van der Waals surface area contributed by atoms with Gasteiger partial charge in [0.2, 0.25) is 0 Å². The van der Waals surface area contributed by atoms with E-state index >= 15 is 0 Å². The molecule has 9 heteroatoms. The molecule has 0 aliphatic carbocycles. The van der Waals surface area contributed by atoms with Gasteiger partial charge in [-0.15, -0.1) is 0 Å². The molecule has 0 spiro atoms. The van der Waals surface area contributed by atoms with Crippen molar-refractivity contribution < 1.29 is 35.3 Å². The van der Waals surface area contributed by atoms with Crippen LogP contribution >= 0.6 is 0 Å². The smallest absolute Gasteiger partial charge is 0.458 e. The highest BCUT2D eigenvalue weighted by Gasteiger charge is 2.49. The number of hydrogen-bond donors (Lipinski definition) is 0. The molecule has 17 heavy (non-hydrogen) atoms. The van der Waals surface area contributed by atoms with Crippen LogP contribution in [0.4, 0.5) is 13.2 Å². The van der Waals surface area contributed by atoms with Crippen LogP contribution in [-0.4, -0.2) is 31.6 Å². The maximum Gasteiger partial charge on any atom is 0.523 e. The molecule has 0 unspecified atom stereocenters. The third kappa shape index (κ3) is 5.35. The summed E-state index contributed by atoms with van der Waals surface area (Å²) in [6.07, 6.45) is -1.86. The van der Waals surface area contributed by atoms with Crippen molar-refractivity contribution in [2.45, 2.75) is 44.9 Å². The van der Waals surface area contributed by atoms with Crippen LogP contribution in [0.3, 0.4) is 0 Å². The molecular formula is C8H13F3O5S. The number of hydrogen-bond acceptors (Lipinski definition) is 5. The number of alkyl halides is 3. The lowest BCUT2D eigenvalue weighted by atomic mass is 10.2. The van der Waals surface area contributed by atoms with E-state index in [4.69, 9.17) is 0 Å². The van der Waals surface area contributed by atoms with Gasteiger partial charge in [0.05, 0.1) is 0 Å². The molecule has 0 aromatic heterocycles. The topological polar surface area (TPSA) is 69.7 Å². The number of halogens is 3. The number of ether oxygens (including phenoxy) is 1. The Morgan fingerprint density at radius 3 is 1.88 bits per heavy atom. The standard InChI is InChI=1S/C8H13F3O5S/c1-5(6(12)15-7(2,3)4)16-17(13,14)8(9,10)11/h5H,1-4H3/t5-/m1/s1. The lowest BCUT2D eigenvalue weighted by Crippen LogP contribution is -2.36. The summed E-state index contributed by atoms with van der Waals surface area (Å²) in [5, 5.41) is 0. The summed E-state index contributed by atoms with van der Waals surface area (Å²) < 4.78 is 65.3. The summed E-state index contributed by atoms with van der Waals surface area (Å²) >= 11 is 0. The fraction of sp³-hybridized carbons (Fsp3) is 0.875. The summed E-state index contributed by atoms with van der Waals surface area (Å²) in [6.45, 7) is 5.30. The predicted octanol–water partition coefficient (Wildman–Crippen LogP) is 1.58. The second-order valence-corrected chi connectivity index (χ2v) is 5.74. The Morgan fingerprint density at radius 1 is 1.18 bits per heavy atom. The van der Waals surface area contributed by atoms with Gasteiger partial charge in [0.1, 0.15) is 5.60 Å². The molecule has 0 saturated heterocycles. The van der Waals surface area contributed by atoms with Gasteiger partial charge in [0.25, 0.3) is 0 Å². The van der Waals surface area contributed by atoms with Crippen molar-refractivity contribution in [2.24, 2.45) is 0 Å². The molecule has 0 saturated carbocycles. The highest BCUT2D eigenvalue weighted by atomic mass is 32.2. The van der Waals surface area contributed by atoms with Gasteiger partial charge >= 0.3 is 21.6 Å². The Bertz CT molecular complexity index is 379. The Morgan fingerprint density at radius 2 is 1.59 bits per heavy atom. The minimum atomic E-state index is -5.80. The minimum absolute atomic E-state index is 0.858. The molecule has 0 aliphatic rings. The van der Waals surface area contributed by atoms with Gasteiger partial charge in [-0.2, -0.15) is 21.6 Å². The molecule has 0 aromatic rings. The van der Waals surface area contributed by atoms with Gasteiger partial charge < -0.3 is 4.74 Å². The maximum absolute atomic E-state index is 11.9. The van der Waals surface area contributed by atoms with E-state index < -0.39 is 33.3 Å². The average molecular weight is 278 g/mol. The lowest BCUT2D eigenvalue weighted by molar-refractivity contribution is -0.163. The van der Waals surface area contributed by atoms with Gasteiger partial charge in [-0.3, -0.25) is 0 Å². The van der Waals surface area contributed by atoms with Crippen molar-refractivity contribution in [3.8, 4) is 0 Å². The van der Waals surface area contributed by atoms with Gasteiger partial charge in [0.15, 0.2) is 6.10 Å². The van der Waals surface area contributed by atoms with Crippen LogP contribution in [0.25, 0.3) is 0 Å². The van der Waals surface area contributed by atoms with Crippen LogP contribution in [0.1, 0.15) is 27.7 Å². The molecule has 5 nitrogen and oxygen atoms in total. The van der Waals surface area contributed by atoms with Crippen molar-refractivity contribution in [3.05, 3.63) is 0 Å². The zero-order valence-corrected chi connectivity index (χ0v) is 10.5. The molecular weight excluding hydrogens is 265 g/mol. The molecule has 0 radical (unpaired) electrons. The number of esters is 1. The highest BCUT2D eigenvalue weighted by molar-refractivity contribution is 7.87. The lowest BCUT2D eigenvalue weighted by Gasteiger charge is -2.22. The molecule has 0 N–H and O–H groups in total. The van der Waals surface area contributed by atoms with Crippen LogP contribution in [0, 0.1) is 0 Å². The average Bonchev–Trinajstić information content (AvgIpc) is 1.97. The summed E-state index contributed by atoms with van der Waals surface area (Å²) in [6, 6.07) is 0. The molecule has 1 atom stereocenters. The van der Waals surface area contributed by atoms with Gasteiger partial charge in [-0.25, -0.2) is 8.98 Å². The molecule has 0 rings (SSSR count). The van der Waals surface area contributed by atoms with Crippen LogP contribution in [-0.2, 0) is 23.8 Å². The predicted molar refractivity (Wildman–Crippen MR) is 51.4 cm³/mol. The Labute approximate surface area is 97.0 Å². The summed E-state index contributed by atoms with van der Waals surface area (Å²) in [7, 11) is -5.80. The van der Waals surface area contributed by atoms with E-state index in [0.717, 1.165) is 6.92 Å². The second-order valence-electron chi connectivity index (χ2n) is 4.17. The number of rotatable bonds is 3. The molecule has 102 valence electrons. The molecule has 0 aromatic carbocycles. The first kappa shape index (κ1) is 16.2. The van der Waals surface area contributed by atoms with E-state index in [0.29, 0.717) is 0 Å². The van der Waals surface area contributed by atoms with Crippen molar-refractivity contribution >= 4 is 16.1 Å². The molecule has 0 amide bonds. The minimum Gasteiger partial charge on any atom is -0.458 e. The van der Waals surface area contributed by atoms with E-state index in [1.54, 1.807) is 0 Å². The summed E-state index contributed by atoms with van der Waals surface area (Å²) in [4.78, 5) is 11.2. The van der Waals surface area contributed by atoms with Crippen LogP contribution in [0.15, 0.2) is 0 Å². The monoisotopic (exact) mass is 278 g/mol. The molecule has 0 bridgehead atoms. The van der Waals surface area contributed by atoms with Gasteiger partial charge in [-0.1, -0.05) is 0 Å². The first-order chi connectivity index (χ1) is 7.26. The van der Waals surface area contributed by atoms with Crippen molar-refractivity contribution in [2.75, 3.05) is 0 Å². The summed E-state index contributed by atoms with van der Waals surface area (Å²) in [5.74, 6) is -1.19. The molecule has 0 heterocycles. The van der Waals surface area contributed by atoms with Crippen molar-refractivity contribution in [3.63, 3.8) is 0 Å². The first-order valence-corrected chi connectivity index (χ1v) is 5.89. The van der Waals surface area contributed by atoms with Crippen molar-refractivity contribution in [1.29, 1.82) is 0 Å². The first-order valence-electron chi connectivity index (χ1n) is 4.49. The Hall–Kier alpha value is -0.830. The Kier molecular flexibility index (Phi) is 4.57. The third-order valence-electron chi connectivity index (χ3n) is 1.29. The van der Waals surface area contributed by atoms with Crippen LogP contribution in [0.2, 0.25) is 0 Å². The fourth-order valence-electron chi connectivity index (χ4n) is 0.669. The van der Waals surface area contributed by atoms with E-state index in [1.807, 2.05) is 0 Å². The summed E-state index contributed by atoms with van der Waals surface area (Å²) in [5.41, 5.74) is -6.51. The normalized spacial score (nSPS) is 15.5. The van der Waals surface area contributed by atoms with E-state index in [-0.39, 0.29) is 0 Å². The molecule has 0 fully saturated rings. The number of carbonyl (C=O) groups is 1. The number of carbonyl (C=O) groups excluding carboxylic acids is 1. The zero-order valence-electron chi connectivity index (χ0n) is 9.66. The van der Waals surface area contributed by atoms with E-state index in [9.17, 15) is 26.4 Å². The Balaban J connectivity index is 4.68. The SMILES string of the molecule is C[C@@H](OS(=O)(=O)C(F)(F)F)C(=O)OC(C)(C)C. The molecule has 0 aliphatic heterocycles. The van der Waals surface area contributed by atoms with Crippen LogP contribution < -0.4 is 0 Å². The van der Waals surface area contributed by atoms with Crippen molar-refractivity contribution in [1.82, 2.24) is 0 Å². The largest absolute Gasteiger partial charge is 0.523 e. The zero-order chi connectivity index (χ0) is 14.1. The van der Waals surface area contributed by atoms with Crippen LogP contribution in [0.5, 0.6) is 0 Å². The van der Waals surface area contributed by atoms with E-state index in [1.165, 1.54) is 20.8 Å². The fourth-order valence-corrected chi connectivity index (χ4v) is 1.24. The maximum atomic E-state index is 11.9. The third-order valence-corrected chi connectivity index (χ3v) is 2.40. The second kappa shape index (κ2) is 4.81. The quantitative estimate of drug-likeness (QED) is 0.445. The van der Waals surface area contributed by atoms with E-state index in [2.05, 4.69) is 8.92 Å².